The van der Waals surface area contributed by atoms with Crippen LogP contribution in [0.15, 0.2) is 46.0 Å². The molecule has 0 N–H and O–H groups in total. The van der Waals surface area contributed by atoms with Gasteiger partial charge in [0.15, 0.2) is 0 Å². The standard InChI is InChI=1S/C17H22O2S2/c1-3-9-18-16(12-21-17-8-10-20-13-17)11-19-15-6-4-14(2)5-7-15/h4-8,10,13,16H,3,9,11-12H2,1-2H3. The maximum atomic E-state index is 5.89. The number of benzene rings is 1. The van der Waals surface area contributed by atoms with Crippen molar-refractivity contribution in [3.05, 3.63) is 46.7 Å². The van der Waals surface area contributed by atoms with Crippen molar-refractivity contribution in [1.82, 2.24) is 0 Å². The van der Waals surface area contributed by atoms with E-state index in [1.807, 2.05) is 23.9 Å². The summed E-state index contributed by atoms with van der Waals surface area (Å²) in [7, 11) is 0. The van der Waals surface area contributed by atoms with Gasteiger partial charge in [0.1, 0.15) is 18.5 Å². The Balaban J connectivity index is 1.81. The van der Waals surface area contributed by atoms with E-state index in [2.05, 4.69) is 42.8 Å². The average molecular weight is 322 g/mol. The van der Waals surface area contributed by atoms with Gasteiger partial charge >= 0.3 is 0 Å². The van der Waals surface area contributed by atoms with Crippen LogP contribution < -0.4 is 4.74 Å². The summed E-state index contributed by atoms with van der Waals surface area (Å²) in [6.45, 7) is 5.59. The third kappa shape index (κ3) is 6.12. The smallest absolute Gasteiger partial charge is 0.119 e. The molecular weight excluding hydrogens is 300 g/mol. The Morgan fingerprint density at radius 2 is 2.00 bits per heavy atom. The molecule has 0 aliphatic heterocycles. The first-order valence-electron chi connectivity index (χ1n) is 7.24. The van der Waals surface area contributed by atoms with Gasteiger partial charge in [0.2, 0.25) is 0 Å². The molecule has 114 valence electrons. The quantitative estimate of drug-likeness (QED) is 0.604. The molecule has 0 fully saturated rings. The Morgan fingerprint density at radius 1 is 1.19 bits per heavy atom. The van der Waals surface area contributed by atoms with Crippen LogP contribution in [0.25, 0.3) is 0 Å². The monoisotopic (exact) mass is 322 g/mol. The largest absolute Gasteiger partial charge is 0.491 e. The molecule has 1 aromatic heterocycles. The van der Waals surface area contributed by atoms with Gasteiger partial charge in [-0.25, -0.2) is 0 Å². The predicted molar refractivity (Wildman–Crippen MR) is 91.7 cm³/mol. The van der Waals surface area contributed by atoms with Gasteiger partial charge in [-0.15, -0.1) is 11.8 Å². The molecule has 1 atom stereocenters. The number of ether oxygens (including phenoxy) is 2. The number of thiophene rings is 1. The Labute approximate surface area is 135 Å². The third-order valence-electron chi connectivity index (χ3n) is 2.95. The van der Waals surface area contributed by atoms with Gasteiger partial charge in [0.25, 0.3) is 0 Å². The minimum Gasteiger partial charge on any atom is -0.491 e. The van der Waals surface area contributed by atoms with E-state index in [0.717, 1.165) is 24.5 Å². The van der Waals surface area contributed by atoms with E-state index in [-0.39, 0.29) is 6.10 Å². The van der Waals surface area contributed by atoms with Crippen LogP contribution in [0.1, 0.15) is 18.9 Å². The Hall–Kier alpha value is -0.970. The van der Waals surface area contributed by atoms with Crippen molar-refractivity contribution < 1.29 is 9.47 Å². The highest BCUT2D eigenvalue weighted by Gasteiger charge is 2.11. The van der Waals surface area contributed by atoms with Crippen LogP contribution in [0.4, 0.5) is 0 Å². The molecule has 0 saturated heterocycles. The van der Waals surface area contributed by atoms with E-state index in [4.69, 9.17) is 9.47 Å². The fraction of sp³-hybridized carbons (Fsp3) is 0.412. The van der Waals surface area contributed by atoms with Crippen LogP contribution >= 0.6 is 23.1 Å². The fourth-order valence-electron chi connectivity index (χ4n) is 1.78. The lowest BCUT2D eigenvalue weighted by atomic mass is 10.2. The molecule has 0 aliphatic carbocycles. The molecule has 1 unspecified atom stereocenters. The van der Waals surface area contributed by atoms with Gasteiger partial charge in [-0.1, -0.05) is 24.6 Å². The molecule has 0 amide bonds. The molecule has 1 aromatic carbocycles. The van der Waals surface area contributed by atoms with Gasteiger partial charge < -0.3 is 9.47 Å². The van der Waals surface area contributed by atoms with Crippen molar-refractivity contribution in [2.75, 3.05) is 19.0 Å². The number of hydrogen-bond acceptors (Lipinski definition) is 4. The maximum absolute atomic E-state index is 5.89. The van der Waals surface area contributed by atoms with E-state index >= 15 is 0 Å². The van der Waals surface area contributed by atoms with Crippen molar-refractivity contribution in [2.45, 2.75) is 31.3 Å². The normalized spacial score (nSPS) is 12.3. The van der Waals surface area contributed by atoms with Gasteiger partial charge in [-0.2, -0.15) is 11.3 Å². The van der Waals surface area contributed by atoms with E-state index in [1.54, 1.807) is 11.3 Å². The van der Waals surface area contributed by atoms with Gasteiger partial charge in [-0.3, -0.25) is 0 Å². The van der Waals surface area contributed by atoms with E-state index < -0.39 is 0 Å². The molecule has 0 spiro atoms. The summed E-state index contributed by atoms with van der Waals surface area (Å²) in [5.74, 6) is 1.83. The zero-order valence-electron chi connectivity index (χ0n) is 12.6. The highest BCUT2D eigenvalue weighted by Crippen LogP contribution is 2.22. The summed E-state index contributed by atoms with van der Waals surface area (Å²) < 4.78 is 11.7. The zero-order valence-corrected chi connectivity index (χ0v) is 14.2. The second kappa shape index (κ2) is 9.13. The van der Waals surface area contributed by atoms with Crippen LogP contribution in [-0.2, 0) is 4.74 Å². The number of thioether (sulfide) groups is 1. The van der Waals surface area contributed by atoms with Crippen molar-refractivity contribution in [2.24, 2.45) is 0 Å². The highest BCUT2D eigenvalue weighted by molar-refractivity contribution is 7.99. The van der Waals surface area contributed by atoms with Gasteiger partial charge in [0.05, 0.1) is 0 Å². The summed E-state index contributed by atoms with van der Waals surface area (Å²) in [5.41, 5.74) is 1.24. The molecule has 2 nitrogen and oxygen atoms in total. The van der Waals surface area contributed by atoms with Gasteiger partial charge in [-0.05, 0) is 36.9 Å². The second-order valence-corrected chi connectivity index (χ2v) is 6.76. The zero-order chi connectivity index (χ0) is 14.9. The summed E-state index contributed by atoms with van der Waals surface area (Å²) in [5, 5.41) is 4.27. The molecule has 21 heavy (non-hydrogen) atoms. The van der Waals surface area contributed by atoms with E-state index in [1.165, 1.54) is 10.5 Å². The van der Waals surface area contributed by atoms with Crippen LogP contribution in [0.2, 0.25) is 0 Å². The summed E-state index contributed by atoms with van der Waals surface area (Å²) in [4.78, 5) is 1.31. The van der Waals surface area contributed by atoms with Crippen LogP contribution in [0.3, 0.4) is 0 Å². The molecule has 1 heterocycles. The Kier molecular flexibility index (Phi) is 7.13. The number of aryl methyl sites for hydroxylation is 1. The topological polar surface area (TPSA) is 18.5 Å². The van der Waals surface area contributed by atoms with Crippen LogP contribution in [0.5, 0.6) is 5.75 Å². The third-order valence-corrected chi connectivity index (χ3v) is 4.90. The first-order chi connectivity index (χ1) is 10.3. The van der Waals surface area contributed by atoms with Crippen molar-refractivity contribution in [1.29, 1.82) is 0 Å². The minimum atomic E-state index is 0.121. The van der Waals surface area contributed by atoms with Gasteiger partial charge in [0, 0.05) is 22.6 Å². The molecule has 0 radical (unpaired) electrons. The number of rotatable bonds is 9. The van der Waals surface area contributed by atoms with E-state index in [9.17, 15) is 0 Å². The Morgan fingerprint density at radius 3 is 2.67 bits per heavy atom. The van der Waals surface area contributed by atoms with Crippen LogP contribution in [0, 0.1) is 6.92 Å². The van der Waals surface area contributed by atoms with Crippen molar-refractivity contribution in [3.8, 4) is 5.75 Å². The first-order valence-corrected chi connectivity index (χ1v) is 9.17. The molecule has 0 aliphatic rings. The van der Waals surface area contributed by atoms with E-state index in [0.29, 0.717) is 6.61 Å². The summed E-state index contributed by atoms with van der Waals surface area (Å²) >= 11 is 3.56. The number of hydrogen-bond donors (Lipinski definition) is 0. The lowest BCUT2D eigenvalue weighted by Gasteiger charge is -2.18. The SMILES string of the molecule is CCCOC(COc1ccc(C)cc1)CSc1ccsc1. The minimum absolute atomic E-state index is 0.121. The molecular formula is C17H22O2S2. The van der Waals surface area contributed by atoms with Crippen molar-refractivity contribution in [3.63, 3.8) is 0 Å². The average Bonchev–Trinajstić information content (AvgIpc) is 3.01. The summed E-state index contributed by atoms with van der Waals surface area (Å²) in [6, 6.07) is 10.3. The second-order valence-electron chi connectivity index (χ2n) is 4.89. The first kappa shape index (κ1) is 16.4. The molecule has 0 bridgehead atoms. The highest BCUT2D eigenvalue weighted by atomic mass is 32.2. The lowest BCUT2D eigenvalue weighted by Crippen LogP contribution is -2.24. The maximum Gasteiger partial charge on any atom is 0.119 e. The molecule has 2 rings (SSSR count). The Bertz CT molecular complexity index is 494. The van der Waals surface area contributed by atoms with Crippen LogP contribution in [-0.4, -0.2) is 25.1 Å². The predicted octanol–water partition coefficient (Wildman–Crippen LogP) is 5.02. The molecule has 2 aromatic rings. The molecule has 4 heteroatoms. The fourth-order valence-corrected chi connectivity index (χ4v) is 3.55. The summed E-state index contributed by atoms with van der Waals surface area (Å²) in [6.07, 6.45) is 1.15. The van der Waals surface area contributed by atoms with Crippen molar-refractivity contribution >= 4 is 23.1 Å². The molecule has 0 saturated carbocycles. The lowest BCUT2D eigenvalue weighted by molar-refractivity contribution is 0.0357.